The molecular weight excluding hydrogens is 303 g/mol. The van der Waals surface area contributed by atoms with Crippen LogP contribution in [0.2, 0.25) is 0 Å². The van der Waals surface area contributed by atoms with Gasteiger partial charge >= 0.3 is 13.3 Å². The predicted molar refractivity (Wildman–Crippen MR) is 71.7 cm³/mol. The third kappa shape index (κ3) is 3.90. The largest absolute Gasteiger partial charge is 0.351 e. The number of ether oxygens (including phenoxy) is 2. The monoisotopic (exact) mass is 320 g/mol. The minimum absolute atomic E-state index is 0.377. The van der Waals surface area contributed by atoms with Crippen LogP contribution in [0.15, 0.2) is 21.9 Å². The van der Waals surface area contributed by atoms with Crippen LogP contribution in [0.3, 0.4) is 0 Å². The molecule has 1 aromatic rings. The Kier molecular flexibility index (Phi) is 4.50. The number of aromatic nitrogens is 2. The number of H-pyrrole nitrogens is 1. The molecule has 118 valence electrons. The third-order valence-corrected chi connectivity index (χ3v) is 3.78. The average Bonchev–Trinajstić information content (AvgIpc) is 2.81. The van der Waals surface area contributed by atoms with E-state index < -0.39 is 37.2 Å². The fourth-order valence-corrected chi connectivity index (χ4v) is 2.63. The standard InChI is InChI=1S/C11H17N2O7P/c1-2-11(19-7-21(16,17)18)5-3-9(20-11)13-6-4-8(14)12-10(13)15/h4,6,9H,2-3,5,7H2,1H3,(H,12,14,15)(H2,16,17,18)/t9-,11+/m1/s1. The maximum absolute atomic E-state index is 11.7. The van der Waals surface area contributed by atoms with Gasteiger partial charge in [-0.25, -0.2) is 4.79 Å². The summed E-state index contributed by atoms with van der Waals surface area (Å²) in [6, 6.07) is 1.20. The van der Waals surface area contributed by atoms with Crippen LogP contribution in [0, 0.1) is 0 Å². The van der Waals surface area contributed by atoms with Crippen molar-refractivity contribution in [2.75, 3.05) is 6.35 Å². The summed E-state index contributed by atoms with van der Waals surface area (Å²) in [5, 5.41) is 0. The number of nitrogens with zero attached hydrogens (tertiary/aromatic N) is 1. The van der Waals surface area contributed by atoms with Gasteiger partial charge in [-0.15, -0.1) is 0 Å². The topological polar surface area (TPSA) is 131 Å². The number of hydrogen-bond acceptors (Lipinski definition) is 5. The smallest absolute Gasteiger partial charge is 0.337 e. The van der Waals surface area contributed by atoms with E-state index in [0.717, 1.165) is 0 Å². The van der Waals surface area contributed by atoms with Gasteiger partial charge in [0.25, 0.3) is 5.56 Å². The molecule has 21 heavy (non-hydrogen) atoms. The zero-order valence-corrected chi connectivity index (χ0v) is 12.3. The Balaban J connectivity index is 2.15. The molecule has 0 spiro atoms. The molecule has 0 unspecified atom stereocenters. The van der Waals surface area contributed by atoms with Crippen molar-refractivity contribution < 1.29 is 23.8 Å². The highest BCUT2D eigenvalue weighted by Crippen LogP contribution is 2.43. The van der Waals surface area contributed by atoms with Gasteiger partial charge in [0.15, 0.2) is 12.1 Å². The van der Waals surface area contributed by atoms with Crippen molar-refractivity contribution in [3.63, 3.8) is 0 Å². The lowest BCUT2D eigenvalue weighted by Crippen LogP contribution is -2.35. The van der Waals surface area contributed by atoms with Crippen LogP contribution in [0.5, 0.6) is 0 Å². The second-order valence-corrected chi connectivity index (χ2v) is 6.42. The number of rotatable bonds is 5. The van der Waals surface area contributed by atoms with Gasteiger partial charge in [0.05, 0.1) is 0 Å². The summed E-state index contributed by atoms with van der Waals surface area (Å²) >= 11 is 0. The first kappa shape index (κ1) is 16.1. The third-order valence-electron chi connectivity index (χ3n) is 3.32. The Morgan fingerprint density at radius 2 is 2.29 bits per heavy atom. The fraction of sp³-hybridized carbons (Fsp3) is 0.636. The van der Waals surface area contributed by atoms with Crippen molar-refractivity contribution in [2.45, 2.75) is 38.2 Å². The van der Waals surface area contributed by atoms with Crippen LogP contribution in [-0.2, 0) is 14.0 Å². The number of aromatic amines is 1. The molecule has 1 saturated heterocycles. The van der Waals surface area contributed by atoms with E-state index in [2.05, 4.69) is 4.98 Å². The molecule has 0 aliphatic carbocycles. The Labute approximate surface area is 119 Å². The minimum atomic E-state index is -4.30. The highest BCUT2D eigenvalue weighted by Gasteiger charge is 2.42. The van der Waals surface area contributed by atoms with Crippen LogP contribution < -0.4 is 11.2 Å². The summed E-state index contributed by atoms with van der Waals surface area (Å²) in [5.74, 6) is -1.14. The number of hydrogen-bond donors (Lipinski definition) is 3. The zero-order valence-electron chi connectivity index (χ0n) is 11.4. The molecule has 0 saturated carbocycles. The first-order chi connectivity index (χ1) is 9.75. The molecular formula is C11H17N2O7P. The summed E-state index contributed by atoms with van der Waals surface area (Å²) in [5.41, 5.74) is -1.11. The normalized spacial score (nSPS) is 26.1. The van der Waals surface area contributed by atoms with E-state index in [-0.39, 0.29) is 0 Å². The molecule has 1 aliphatic rings. The summed E-state index contributed by atoms with van der Waals surface area (Å²) in [4.78, 5) is 42.6. The van der Waals surface area contributed by atoms with E-state index in [1.165, 1.54) is 16.8 Å². The Bertz CT molecular complexity index is 663. The minimum Gasteiger partial charge on any atom is -0.337 e. The predicted octanol–water partition coefficient (Wildman–Crippen LogP) is 0.104. The maximum atomic E-state index is 11.7. The van der Waals surface area contributed by atoms with Crippen molar-refractivity contribution >= 4 is 7.60 Å². The highest BCUT2D eigenvalue weighted by atomic mass is 31.2. The lowest BCUT2D eigenvalue weighted by molar-refractivity contribution is -0.233. The molecule has 10 heteroatoms. The molecule has 2 heterocycles. The van der Waals surface area contributed by atoms with Crippen molar-refractivity contribution in [3.05, 3.63) is 33.1 Å². The summed E-state index contributed by atoms with van der Waals surface area (Å²) in [6.07, 6.45) is 1.13. The fourth-order valence-electron chi connectivity index (χ4n) is 2.23. The van der Waals surface area contributed by atoms with Gasteiger partial charge in [0.2, 0.25) is 0 Å². The van der Waals surface area contributed by atoms with Crippen LogP contribution in [-0.4, -0.2) is 31.5 Å². The van der Waals surface area contributed by atoms with Gasteiger partial charge in [0.1, 0.15) is 6.23 Å². The average molecular weight is 320 g/mol. The van der Waals surface area contributed by atoms with E-state index >= 15 is 0 Å². The molecule has 2 rings (SSSR count). The molecule has 0 bridgehead atoms. The van der Waals surface area contributed by atoms with Gasteiger partial charge in [-0.05, 0) is 12.8 Å². The van der Waals surface area contributed by atoms with E-state index in [4.69, 9.17) is 19.3 Å². The summed E-state index contributed by atoms with van der Waals surface area (Å²) in [7, 11) is -4.30. The molecule has 1 fully saturated rings. The Morgan fingerprint density at radius 3 is 2.86 bits per heavy atom. The highest BCUT2D eigenvalue weighted by molar-refractivity contribution is 7.51. The molecule has 9 nitrogen and oxygen atoms in total. The van der Waals surface area contributed by atoms with Gasteiger partial charge in [0, 0.05) is 18.7 Å². The van der Waals surface area contributed by atoms with Crippen molar-refractivity contribution in [1.82, 2.24) is 9.55 Å². The molecule has 1 aliphatic heterocycles. The van der Waals surface area contributed by atoms with E-state index in [1.54, 1.807) is 6.92 Å². The zero-order chi connectivity index (χ0) is 15.7. The van der Waals surface area contributed by atoms with Gasteiger partial charge in [-0.3, -0.25) is 18.9 Å². The Morgan fingerprint density at radius 1 is 1.57 bits per heavy atom. The lowest BCUT2D eigenvalue weighted by atomic mass is 10.1. The van der Waals surface area contributed by atoms with Gasteiger partial charge < -0.3 is 19.3 Å². The summed E-state index contributed by atoms with van der Waals surface area (Å²) in [6.45, 7) is 1.76. The molecule has 0 radical (unpaired) electrons. The van der Waals surface area contributed by atoms with E-state index in [9.17, 15) is 14.2 Å². The maximum Gasteiger partial charge on any atom is 0.351 e. The van der Waals surface area contributed by atoms with Crippen LogP contribution in [0.25, 0.3) is 0 Å². The van der Waals surface area contributed by atoms with Crippen LogP contribution >= 0.6 is 7.60 Å². The van der Waals surface area contributed by atoms with Gasteiger partial charge in [-0.2, -0.15) is 0 Å². The number of nitrogens with one attached hydrogen (secondary N) is 1. The van der Waals surface area contributed by atoms with Crippen LogP contribution in [0.4, 0.5) is 0 Å². The molecule has 0 amide bonds. The quantitative estimate of drug-likeness (QED) is 0.656. The molecule has 0 aromatic carbocycles. The molecule has 2 atom stereocenters. The van der Waals surface area contributed by atoms with Crippen molar-refractivity contribution in [1.29, 1.82) is 0 Å². The first-order valence-electron chi connectivity index (χ1n) is 6.42. The molecule has 1 aromatic heterocycles. The van der Waals surface area contributed by atoms with Crippen molar-refractivity contribution in [3.8, 4) is 0 Å². The second-order valence-electron chi connectivity index (χ2n) is 4.83. The second kappa shape index (κ2) is 5.86. The van der Waals surface area contributed by atoms with Crippen molar-refractivity contribution in [2.24, 2.45) is 0 Å². The lowest BCUT2D eigenvalue weighted by Gasteiger charge is -2.28. The first-order valence-corrected chi connectivity index (χ1v) is 8.22. The summed E-state index contributed by atoms with van der Waals surface area (Å²) < 4.78 is 23.1. The van der Waals surface area contributed by atoms with E-state index in [0.29, 0.717) is 19.3 Å². The molecule has 3 N–H and O–H groups in total. The van der Waals surface area contributed by atoms with E-state index in [1.807, 2.05) is 0 Å². The Hall–Kier alpha value is -1.25. The van der Waals surface area contributed by atoms with Gasteiger partial charge in [-0.1, -0.05) is 6.92 Å². The van der Waals surface area contributed by atoms with Crippen LogP contribution in [0.1, 0.15) is 32.4 Å². The SMILES string of the molecule is CC[C@@]1(OCP(=O)(O)O)CC[C@H](n2ccc(=O)[nH]c2=O)O1.